The van der Waals surface area contributed by atoms with Gasteiger partial charge >= 0.3 is 41.8 Å². The first-order valence-corrected chi connectivity index (χ1v) is 17.6. The first-order chi connectivity index (χ1) is 27.1. The molecule has 308 valence electrons. The molecule has 0 aliphatic carbocycles. The molecule has 3 aliphatic heterocycles. The fourth-order valence-corrected chi connectivity index (χ4v) is 6.36. The number of esters is 7. The van der Waals surface area contributed by atoms with Crippen LogP contribution in [0.15, 0.2) is 60.7 Å². The molecule has 19 heteroatoms. The van der Waals surface area contributed by atoms with Crippen LogP contribution in [0.25, 0.3) is 0 Å². The van der Waals surface area contributed by atoms with Crippen LogP contribution in [0.5, 0.6) is 0 Å². The van der Waals surface area contributed by atoms with E-state index >= 15 is 0 Å². The predicted molar refractivity (Wildman–Crippen MR) is 184 cm³/mol. The van der Waals surface area contributed by atoms with Crippen LogP contribution >= 0.6 is 0 Å². The first-order valence-electron chi connectivity index (χ1n) is 17.6. The zero-order valence-electron chi connectivity index (χ0n) is 31.7. The highest BCUT2D eigenvalue weighted by molar-refractivity contribution is 5.90. The molecular formula is C38H42O19. The van der Waals surface area contributed by atoms with Gasteiger partial charge in [0.25, 0.3) is 5.79 Å². The van der Waals surface area contributed by atoms with Gasteiger partial charge in [0, 0.05) is 34.6 Å². The lowest BCUT2D eigenvalue weighted by Gasteiger charge is -2.31. The molecule has 0 amide bonds. The second kappa shape index (κ2) is 18.6. The molecule has 3 fully saturated rings. The average molecular weight is 803 g/mol. The van der Waals surface area contributed by atoms with Gasteiger partial charge in [0.2, 0.25) is 0 Å². The van der Waals surface area contributed by atoms with Crippen molar-refractivity contribution >= 4 is 41.8 Å². The van der Waals surface area contributed by atoms with E-state index in [0.29, 0.717) is 0 Å². The molecule has 0 unspecified atom stereocenters. The van der Waals surface area contributed by atoms with Gasteiger partial charge in [-0.1, -0.05) is 36.4 Å². The van der Waals surface area contributed by atoms with Crippen LogP contribution < -0.4 is 0 Å². The molecule has 0 saturated carbocycles. The summed E-state index contributed by atoms with van der Waals surface area (Å²) in [7, 11) is 1.12. The number of ether oxygens (including phenoxy) is 12. The number of fused-ring (bicyclic) bond motifs is 1. The Morgan fingerprint density at radius 2 is 1.19 bits per heavy atom. The minimum atomic E-state index is -1.97. The van der Waals surface area contributed by atoms with Crippen LogP contribution in [0.1, 0.15) is 55.3 Å². The lowest BCUT2D eigenvalue weighted by Crippen LogP contribution is -2.49. The van der Waals surface area contributed by atoms with E-state index in [1.807, 2.05) is 0 Å². The van der Waals surface area contributed by atoms with Gasteiger partial charge in [-0.25, -0.2) is 14.4 Å². The molecule has 5 rings (SSSR count). The van der Waals surface area contributed by atoms with Crippen LogP contribution in [-0.2, 0) is 80.8 Å². The second-order valence-corrected chi connectivity index (χ2v) is 13.1. The molecule has 19 nitrogen and oxygen atoms in total. The molecule has 2 aromatic carbocycles. The number of hydrogen-bond donors (Lipinski definition) is 0. The fraction of sp³-hybridized carbons (Fsp3) is 0.500. The lowest BCUT2D eigenvalue weighted by molar-refractivity contribution is -0.248. The summed E-state index contributed by atoms with van der Waals surface area (Å²) in [4.78, 5) is 88.1. The van der Waals surface area contributed by atoms with Crippen LogP contribution in [0, 0.1) is 0 Å². The maximum atomic E-state index is 13.6. The predicted octanol–water partition coefficient (Wildman–Crippen LogP) is 1.57. The molecular weight excluding hydrogens is 760 g/mol. The van der Waals surface area contributed by atoms with Gasteiger partial charge < -0.3 is 56.8 Å². The minimum Gasteiger partial charge on any atom is -0.465 e. The minimum absolute atomic E-state index is 0.115. The highest BCUT2D eigenvalue weighted by atomic mass is 16.9. The maximum absolute atomic E-state index is 13.6. The Labute approximate surface area is 325 Å². The third-order valence-corrected chi connectivity index (χ3v) is 8.72. The van der Waals surface area contributed by atoms with E-state index in [4.69, 9.17) is 56.8 Å². The van der Waals surface area contributed by atoms with Gasteiger partial charge in [-0.3, -0.25) is 19.2 Å². The number of benzene rings is 2. The number of carbonyl (C=O) groups is 7. The van der Waals surface area contributed by atoms with Gasteiger partial charge in [0.15, 0.2) is 49.2 Å². The summed E-state index contributed by atoms with van der Waals surface area (Å²) in [6.45, 7) is 4.42. The largest absolute Gasteiger partial charge is 0.465 e. The molecule has 0 radical (unpaired) electrons. The van der Waals surface area contributed by atoms with Crippen molar-refractivity contribution in [3.8, 4) is 0 Å². The van der Waals surface area contributed by atoms with Crippen molar-refractivity contribution in [1.82, 2.24) is 0 Å². The highest BCUT2D eigenvalue weighted by Crippen LogP contribution is 2.42. The van der Waals surface area contributed by atoms with Gasteiger partial charge in [-0.2, -0.15) is 0 Å². The number of methoxy groups -OCH3 is 1. The van der Waals surface area contributed by atoms with Gasteiger partial charge in [-0.15, -0.1) is 0 Å². The Kier molecular flexibility index (Phi) is 14.0. The van der Waals surface area contributed by atoms with E-state index in [0.717, 1.165) is 34.8 Å². The summed E-state index contributed by atoms with van der Waals surface area (Å²) in [6, 6.07) is 15.7. The topological polar surface area (TPSA) is 230 Å². The summed E-state index contributed by atoms with van der Waals surface area (Å²) in [5.41, 5.74) is 0.259. The molecule has 0 spiro atoms. The molecule has 11 atom stereocenters. The molecule has 3 aliphatic rings. The molecule has 0 aromatic heterocycles. The van der Waals surface area contributed by atoms with Crippen molar-refractivity contribution in [1.29, 1.82) is 0 Å². The average Bonchev–Trinajstić information content (AvgIpc) is 3.79. The van der Waals surface area contributed by atoms with E-state index < -0.39 is 122 Å². The van der Waals surface area contributed by atoms with Crippen LogP contribution in [0.3, 0.4) is 0 Å². The number of hydrogen-bond acceptors (Lipinski definition) is 19. The quantitative estimate of drug-likeness (QED) is 0.184. The standard InChI is InChI=1S/C38H42O19/c1-19(39)47-17-25(49-20(2)40)27-29(50-21(3)41)31(51-22(4)42)35(54-27)48-18-26(52-33(43)23-13-9-7-10-14-23)28-30(53-34(44)24-15-11-8-12-16-24)32-36(55-28)57-38(5,56-32)37(45)46-6/h7-16,25-32,35-36H,17-18H2,1-6H3/t25-,26-,27-,28-,29-,30-,31+,32+,35-,36+,38-/m0/s1. The second-order valence-electron chi connectivity index (χ2n) is 13.1. The Morgan fingerprint density at radius 3 is 1.75 bits per heavy atom. The summed E-state index contributed by atoms with van der Waals surface area (Å²) < 4.78 is 68.2. The molecule has 0 N–H and O–H groups in total. The summed E-state index contributed by atoms with van der Waals surface area (Å²) >= 11 is 0. The number of rotatable bonds is 15. The normalized spacial score (nSPS) is 28.5. The molecule has 3 heterocycles. The third kappa shape index (κ3) is 10.5. The summed E-state index contributed by atoms with van der Waals surface area (Å²) in [6.07, 6.45) is -14.5. The van der Waals surface area contributed by atoms with Gasteiger partial charge in [-0.05, 0) is 24.3 Å². The van der Waals surface area contributed by atoms with Crippen LogP contribution in [0.4, 0.5) is 0 Å². The van der Waals surface area contributed by atoms with Crippen molar-refractivity contribution in [2.75, 3.05) is 20.3 Å². The van der Waals surface area contributed by atoms with E-state index in [9.17, 15) is 33.6 Å². The van der Waals surface area contributed by atoms with E-state index in [-0.39, 0.29) is 11.1 Å². The Morgan fingerprint density at radius 1 is 0.632 bits per heavy atom. The number of carbonyl (C=O) groups excluding carboxylic acids is 7. The van der Waals surface area contributed by atoms with E-state index in [1.165, 1.54) is 31.2 Å². The molecule has 3 saturated heterocycles. The molecule has 57 heavy (non-hydrogen) atoms. The smallest absolute Gasteiger partial charge is 0.366 e. The van der Waals surface area contributed by atoms with Gasteiger partial charge in [0.1, 0.15) is 18.8 Å². The first kappa shape index (κ1) is 42.7. The Hall–Kier alpha value is -5.47. The van der Waals surface area contributed by atoms with E-state index in [1.54, 1.807) is 36.4 Å². The highest BCUT2D eigenvalue weighted by Gasteiger charge is 2.63. The van der Waals surface area contributed by atoms with Crippen molar-refractivity contribution < 1.29 is 90.4 Å². The van der Waals surface area contributed by atoms with Crippen molar-refractivity contribution in [2.24, 2.45) is 0 Å². The van der Waals surface area contributed by atoms with Crippen LogP contribution in [-0.4, -0.2) is 129 Å². The SMILES string of the molecule is COC(=O)[C@]1(C)O[C@H]2O[C@@H]([C@H](CO[C@H]3O[C@@H]([C@H](COC(C)=O)OC(C)=O)[C@H](OC(C)=O)[C@H]3OC(C)=O)OC(=O)c3ccccc3)[C@H](OC(=O)c3ccccc3)[C@H]2O1. The van der Waals surface area contributed by atoms with Crippen molar-refractivity contribution in [3.63, 3.8) is 0 Å². The summed E-state index contributed by atoms with van der Waals surface area (Å²) in [5.74, 6) is -7.82. The maximum Gasteiger partial charge on any atom is 0.366 e. The summed E-state index contributed by atoms with van der Waals surface area (Å²) in [5, 5.41) is 0. The van der Waals surface area contributed by atoms with E-state index in [2.05, 4.69) is 0 Å². The lowest BCUT2D eigenvalue weighted by atomic mass is 10.0. The Bertz CT molecular complexity index is 1780. The zero-order valence-corrected chi connectivity index (χ0v) is 31.7. The monoisotopic (exact) mass is 802 g/mol. The zero-order chi connectivity index (χ0) is 41.4. The Balaban J connectivity index is 1.49. The van der Waals surface area contributed by atoms with Crippen LogP contribution in [0.2, 0.25) is 0 Å². The molecule has 2 aromatic rings. The molecule has 0 bridgehead atoms. The fourth-order valence-electron chi connectivity index (χ4n) is 6.36. The van der Waals surface area contributed by atoms with Crippen molar-refractivity contribution in [3.05, 3.63) is 71.8 Å². The third-order valence-electron chi connectivity index (χ3n) is 8.72. The van der Waals surface area contributed by atoms with Gasteiger partial charge in [0.05, 0.1) is 24.8 Å². The van der Waals surface area contributed by atoms with Crippen molar-refractivity contribution in [2.45, 2.75) is 102 Å².